The number of aromatic nitrogens is 1. The first-order valence-corrected chi connectivity index (χ1v) is 5.85. The van der Waals surface area contributed by atoms with Gasteiger partial charge in [-0.3, -0.25) is 0 Å². The third-order valence-corrected chi connectivity index (χ3v) is 2.51. The molecule has 0 atom stereocenters. The zero-order chi connectivity index (χ0) is 13.0. The number of nitrogen functional groups attached to an aromatic ring is 1. The third kappa shape index (κ3) is 2.77. The van der Waals surface area contributed by atoms with Gasteiger partial charge in [-0.05, 0) is 36.2 Å². The summed E-state index contributed by atoms with van der Waals surface area (Å²) in [6, 6.07) is 8.38. The van der Waals surface area contributed by atoms with Crippen molar-refractivity contribution in [2.24, 2.45) is 0 Å². The predicted molar refractivity (Wildman–Crippen MR) is 69.8 cm³/mol. The normalized spacial score (nSPS) is 10.3. The van der Waals surface area contributed by atoms with E-state index in [9.17, 15) is 4.39 Å². The summed E-state index contributed by atoms with van der Waals surface area (Å²) in [5.74, 6) is 0.365. The Balaban J connectivity index is 2.25. The number of hydrogen-bond donors (Lipinski definition) is 1. The van der Waals surface area contributed by atoms with Crippen LogP contribution in [-0.4, -0.2) is 11.6 Å². The van der Waals surface area contributed by atoms with Crippen LogP contribution >= 0.6 is 0 Å². The molecule has 0 aliphatic carbocycles. The Morgan fingerprint density at radius 1 is 1.22 bits per heavy atom. The highest BCUT2D eigenvalue weighted by atomic mass is 19.1. The molecule has 2 aromatic rings. The highest BCUT2D eigenvalue weighted by Crippen LogP contribution is 2.25. The first-order chi connectivity index (χ1) is 8.70. The van der Waals surface area contributed by atoms with E-state index >= 15 is 0 Å². The molecule has 2 N–H and O–H groups in total. The minimum Gasteiger partial charge on any atom is -0.491 e. The van der Waals surface area contributed by atoms with Crippen molar-refractivity contribution in [2.75, 3.05) is 12.3 Å². The molecule has 1 aromatic carbocycles. The molecule has 0 fully saturated rings. The standard InChI is InChI=1S/C14H15FN2O/c1-2-7-18-13-5-3-10(8-12(13)15)11-4-6-14(16)17-9-11/h3-6,8-9H,2,7H2,1H3,(H2,16,17). The van der Waals surface area contributed by atoms with Gasteiger partial charge in [-0.15, -0.1) is 0 Å². The topological polar surface area (TPSA) is 48.1 Å². The van der Waals surface area contributed by atoms with E-state index in [1.165, 1.54) is 6.07 Å². The fourth-order valence-corrected chi connectivity index (χ4v) is 1.59. The number of rotatable bonds is 4. The molecule has 0 radical (unpaired) electrons. The van der Waals surface area contributed by atoms with Crippen LogP contribution in [0.15, 0.2) is 36.5 Å². The van der Waals surface area contributed by atoms with Crippen LogP contribution in [0.1, 0.15) is 13.3 Å². The number of halogens is 1. The molecule has 0 aliphatic rings. The van der Waals surface area contributed by atoms with Crippen molar-refractivity contribution in [1.29, 1.82) is 0 Å². The van der Waals surface area contributed by atoms with Crippen molar-refractivity contribution in [3.63, 3.8) is 0 Å². The summed E-state index contributed by atoms with van der Waals surface area (Å²) in [4.78, 5) is 3.98. The maximum Gasteiger partial charge on any atom is 0.165 e. The minimum atomic E-state index is -0.363. The van der Waals surface area contributed by atoms with Gasteiger partial charge in [-0.25, -0.2) is 9.37 Å². The van der Waals surface area contributed by atoms with E-state index in [0.29, 0.717) is 12.4 Å². The Morgan fingerprint density at radius 3 is 2.61 bits per heavy atom. The molecule has 0 spiro atoms. The summed E-state index contributed by atoms with van der Waals surface area (Å²) >= 11 is 0. The zero-order valence-electron chi connectivity index (χ0n) is 10.2. The molecule has 1 aromatic heterocycles. The van der Waals surface area contributed by atoms with Crippen LogP contribution in [0, 0.1) is 5.82 Å². The van der Waals surface area contributed by atoms with E-state index < -0.39 is 0 Å². The molecule has 0 unspecified atom stereocenters. The van der Waals surface area contributed by atoms with Gasteiger partial charge < -0.3 is 10.5 Å². The molecule has 0 saturated heterocycles. The second-order valence-corrected chi connectivity index (χ2v) is 3.97. The Kier molecular flexibility index (Phi) is 3.77. The molecule has 94 valence electrons. The lowest BCUT2D eigenvalue weighted by Gasteiger charge is -2.07. The van der Waals surface area contributed by atoms with E-state index in [4.69, 9.17) is 10.5 Å². The molecule has 1 heterocycles. The summed E-state index contributed by atoms with van der Waals surface area (Å²) in [6.45, 7) is 2.49. The summed E-state index contributed by atoms with van der Waals surface area (Å²) in [5, 5.41) is 0. The first-order valence-electron chi connectivity index (χ1n) is 5.85. The summed E-state index contributed by atoms with van der Waals surface area (Å²) in [5.41, 5.74) is 7.09. The van der Waals surface area contributed by atoms with Crippen molar-refractivity contribution >= 4 is 5.82 Å². The van der Waals surface area contributed by atoms with Crippen molar-refractivity contribution in [3.8, 4) is 16.9 Å². The van der Waals surface area contributed by atoms with E-state index in [1.54, 1.807) is 24.4 Å². The largest absolute Gasteiger partial charge is 0.491 e. The number of nitrogens with zero attached hydrogens (tertiary/aromatic N) is 1. The van der Waals surface area contributed by atoms with Crippen LogP contribution < -0.4 is 10.5 Å². The van der Waals surface area contributed by atoms with Crippen LogP contribution in [0.3, 0.4) is 0 Å². The molecule has 0 amide bonds. The molecule has 4 heteroatoms. The van der Waals surface area contributed by atoms with Crippen LogP contribution in [0.5, 0.6) is 5.75 Å². The second-order valence-electron chi connectivity index (χ2n) is 3.97. The maximum absolute atomic E-state index is 13.8. The maximum atomic E-state index is 13.8. The van der Waals surface area contributed by atoms with Gasteiger partial charge in [0.1, 0.15) is 5.82 Å². The van der Waals surface area contributed by atoms with Crippen LogP contribution in [0.2, 0.25) is 0 Å². The molecule has 0 saturated carbocycles. The summed E-state index contributed by atoms with van der Waals surface area (Å²) in [7, 11) is 0. The van der Waals surface area contributed by atoms with Gasteiger partial charge in [0.2, 0.25) is 0 Å². The fourth-order valence-electron chi connectivity index (χ4n) is 1.59. The van der Waals surface area contributed by atoms with Crippen molar-refractivity contribution < 1.29 is 9.13 Å². The van der Waals surface area contributed by atoms with Crippen molar-refractivity contribution in [2.45, 2.75) is 13.3 Å². The fraction of sp³-hybridized carbons (Fsp3) is 0.214. The number of nitrogens with two attached hydrogens (primary N) is 1. The Bertz CT molecular complexity index is 526. The number of hydrogen-bond acceptors (Lipinski definition) is 3. The smallest absolute Gasteiger partial charge is 0.165 e. The number of anilines is 1. The van der Waals surface area contributed by atoms with E-state index in [0.717, 1.165) is 17.5 Å². The van der Waals surface area contributed by atoms with Crippen molar-refractivity contribution in [1.82, 2.24) is 4.98 Å². The zero-order valence-corrected chi connectivity index (χ0v) is 10.2. The van der Waals surface area contributed by atoms with E-state index in [2.05, 4.69) is 4.98 Å². The third-order valence-electron chi connectivity index (χ3n) is 2.51. The quantitative estimate of drug-likeness (QED) is 0.900. The Labute approximate surface area is 105 Å². The van der Waals surface area contributed by atoms with E-state index in [-0.39, 0.29) is 11.6 Å². The molecule has 0 bridgehead atoms. The minimum absolute atomic E-state index is 0.281. The number of ether oxygens (including phenoxy) is 1. The van der Waals surface area contributed by atoms with Gasteiger partial charge in [0.25, 0.3) is 0 Å². The van der Waals surface area contributed by atoms with Gasteiger partial charge in [0.15, 0.2) is 11.6 Å². The number of pyridine rings is 1. The van der Waals surface area contributed by atoms with Crippen LogP contribution in [0.25, 0.3) is 11.1 Å². The van der Waals surface area contributed by atoms with Crippen LogP contribution in [-0.2, 0) is 0 Å². The lowest BCUT2D eigenvalue weighted by atomic mass is 10.1. The Morgan fingerprint density at radius 2 is 2.00 bits per heavy atom. The van der Waals surface area contributed by atoms with Gasteiger partial charge in [-0.1, -0.05) is 13.0 Å². The van der Waals surface area contributed by atoms with Gasteiger partial charge in [0.05, 0.1) is 6.61 Å². The predicted octanol–water partition coefficient (Wildman–Crippen LogP) is 3.26. The lowest BCUT2D eigenvalue weighted by Crippen LogP contribution is -1.97. The number of benzene rings is 1. The van der Waals surface area contributed by atoms with E-state index in [1.807, 2.05) is 13.0 Å². The average Bonchev–Trinajstić information content (AvgIpc) is 2.38. The molecule has 3 nitrogen and oxygen atoms in total. The molecule has 18 heavy (non-hydrogen) atoms. The highest BCUT2D eigenvalue weighted by Gasteiger charge is 2.06. The molecular weight excluding hydrogens is 231 g/mol. The van der Waals surface area contributed by atoms with Gasteiger partial charge >= 0.3 is 0 Å². The second kappa shape index (κ2) is 5.49. The lowest BCUT2D eigenvalue weighted by molar-refractivity contribution is 0.301. The summed E-state index contributed by atoms with van der Waals surface area (Å²) < 4.78 is 19.1. The SMILES string of the molecule is CCCOc1ccc(-c2ccc(N)nc2)cc1F. The molecular formula is C14H15FN2O. The average molecular weight is 246 g/mol. The molecule has 2 rings (SSSR count). The van der Waals surface area contributed by atoms with Gasteiger partial charge in [0, 0.05) is 11.8 Å². The highest BCUT2D eigenvalue weighted by molar-refractivity contribution is 5.64. The van der Waals surface area contributed by atoms with Crippen LogP contribution in [0.4, 0.5) is 10.2 Å². The first kappa shape index (κ1) is 12.4. The summed E-state index contributed by atoms with van der Waals surface area (Å²) in [6.07, 6.45) is 2.47. The van der Waals surface area contributed by atoms with Gasteiger partial charge in [-0.2, -0.15) is 0 Å². The Hall–Kier alpha value is -2.10. The molecule has 0 aliphatic heterocycles. The van der Waals surface area contributed by atoms with Crippen molar-refractivity contribution in [3.05, 3.63) is 42.3 Å². The monoisotopic (exact) mass is 246 g/mol.